The number of hydrogen-bond acceptors (Lipinski definition) is 1. The molecule has 0 fully saturated rings. The highest BCUT2D eigenvalue weighted by Crippen LogP contribution is 1.89. The van der Waals surface area contributed by atoms with Crippen LogP contribution in [0.25, 0.3) is 0 Å². The first kappa shape index (κ1) is 10.9. The van der Waals surface area contributed by atoms with Gasteiger partial charge in [0.05, 0.1) is 0 Å². The van der Waals surface area contributed by atoms with Crippen molar-refractivity contribution in [2.24, 2.45) is 0 Å². The maximum Gasteiger partial charge on any atom is 0.413 e. The molecule has 1 aliphatic rings. The van der Waals surface area contributed by atoms with Crippen molar-refractivity contribution in [1.29, 1.82) is 0 Å². The zero-order valence-corrected chi connectivity index (χ0v) is 8.08. The molecule has 0 spiro atoms. The minimum absolute atomic E-state index is 0.705. The van der Waals surface area contributed by atoms with Crippen LogP contribution in [0.4, 0.5) is 0 Å². The number of rotatable bonds is 2. The Hall–Kier alpha value is -1.12. The number of hydrogen-bond donors (Lipinski definition) is 0. The van der Waals surface area contributed by atoms with Crippen LogP contribution in [0.3, 0.4) is 0 Å². The molecule has 0 saturated heterocycles. The smallest absolute Gasteiger partial charge is 0.413 e. The zero-order valence-electron chi connectivity index (χ0n) is 8.08. The summed E-state index contributed by atoms with van der Waals surface area (Å²) < 4.78 is 2.73. The molecule has 3 heteroatoms. The topological polar surface area (TPSA) is 29.1 Å². The van der Waals surface area contributed by atoms with Gasteiger partial charge in [0, 0.05) is 0 Å². The predicted molar refractivity (Wildman–Crippen MR) is 51.9 cm³/mol. The third kappa shape index (κ3) is 3.91. The second kappa shape index (κ2) is 5.52. The fourth-order valence-electron chi connectivity index (χ4n) is 0.893. The summed E-state index contributed by atoms with van der Waals surface area (Å²) in [6.07, 6.45) is 3.12. The predicted octanol–water partition coefficient (Wildman–Crippen LogP) is 1.22. The Kier molecular flexibility index (Phi) is 5.00. The van der Waals surface area contributed by atoms with Crippen LogP contribution in [0.5, 0.6) is 0 Å². The quantitative estimate of drug-likeness (QED) is 0.347. The number of nitrogens with zero attached hydrogens (tertiary/aromatic N) is 2. The molecule has 1 aliphatic heterocycles. The summed E-state index contributed by atoms with van der Waals surface area (Å²) in [7, 11) is 0. The van der Waals surface area contributed by atoms with Crippen LogP contribution in [-0.4, -0.2) is 35.0 Å². The van der Waals surface area contributed by atoms with Crippen molar-refractivity contribution in [2.45, 2.75) is 20.8 Å². The van der Waals surface area contributed by atoms with E-state index in [4.69, 9.17) is 0 Å². The van der Waals surface area contributed by atoms with E-state index in [-0.39, 0.29) is 0 Å². The van der Waals surface area contributed by atoms with Gasteiger partial charge in [-0.05, 0) is 12.5 Å². The van der Waals surface area contributed by atoms with Gasteiger partial charge < -0.3 is 5.21 Å². The van der Waals surface area contributed by atoms with Crippen molar-refractivity contribution in [1.82, 2.24) is 0 Å². The van der Waals surface area contributed by atoms with E-state index in [1.165, 1.54) is 6.34 Å². The Balaban J connectivity index is 0.000000561. The van der Waals surface area contributed by atoms with E-state index in [0.29, 0.717) is 6.54 Å². The molecule has 0 radical (unpaired) electrons. The second-order valence-electron chi connectivity index (χ2n) is 2.54. The minimum atomic E-state index is 0.705. The SMILES string of the molecule is C=C(C)C[N+]1=C[N+]([O-])=CC1.CC. The third-order valence-electron chi connectivity index (χ3n) is 1.25. The lowest BCUT2D eigenvalue weighted by Gasteiger charge is -1.90. The molecule has 0 aromatic rings. The van der Waals surface area contributed by atoms with Gasteiger partial charge in [-0.2, -0.15) is 4.58 Å². The molecule has 68 valence electrons. The van der Waals surface area contributed by atoms with E-state index in [0.717, 1.165) is 16.9 Å². The van der Waals surface area contributed by atoms with Gasteiger partial charge in [0.1, 0.15) is 0 Å². The molecule has 12 heavy (non-hydrogen) atoms. The van der Waals surface area contributed by atoms with Crippen LogP contribution < -0.4 is 0 Å². The molecular formula is C9H17N2O+. The molecule has 0 aromatic carbocycles. The molecule has 0 aromatic heterocycles. The lowest BCUT2D eigenvalue weighted by atomic mass is 10.3. The summed E-state index contributed by atoms with van der Waals surface area (Å²) in [5.74, 6) is 0. The summed E-state index contributed by atoms with van der Waals surface area (Å²) in [5, 5.41) is 10.6. The van der Waals surface area contributed by atoms with Crippen LogP contribution in [0, 0.1) is 5.21 Å². The summed E-state index contributed by atoms with van der Waals surface area (Å²) in [6, 6.07) is 0. The van der Waals surface area contributed by atoms with Crippen molar-refractivity contribution in [3.8, 4) is 0 Å². The lowest BCUT2D eigenvalue weighted by Crippen LogP contribution is -2.13. The highest BCUT2D eigenvalue weighted by atomic mass is 16.5. The standard InChI is InChI=1S/C7H11N2O.C2H6/c1-7(2)5-8-3-4-9(10)6-8;1-2/h4,6H,1,3,5H2,2H3;1-2H3/q+1;. The van der Waals surface area contributed by atoms with Crippen molar-refractivity contribution >= 4 is 12.6 Å². The Morgan fingerprint density at radius 2 is 2.17 bits per heavy atom. The van der Waals surface area contributed by atoms with E-state index in [2.05, 4.69) is 6.58 Å². The van der Waals surface area contributed by atoms with E-state index in [9.17, 15) is 5.21 Å². The Morgan fingerprint density at radius 3 is 2.50 bits per heavy atom. The lowest BCUT2D eigenvalue weighted by molar-refractivity contribution is -0.518. The molecule has 0 aliphatic carbocycles. The number of hydroxylamine groups is 1. The van der Waals surface area contributed by atoms with Crippen LogP contribution in [-0.2, 0) is 0 Å². The Labute approximate surface area is 73.9 Å². The summed E-state index contributed by atoms with van der Waals surface area (Å²) in [4.78, 5) is 0. The summed E-state index contributed by atoms with van der Waals surface area (Å²) in [5.41, 5.74) is 1.07. The van der Waals surface area contributed by atoms with E-state index >= 15 is 0 Å². The van der Waals surface area contributed by atoms with E-state index in [1.807, 2.05) is 25.3 Å². The highest BCUT2D eigenvalue weighted by molar-refractivity contribution is 5.62. The fourth-order valence-corrected chi connectivity index (χ4v) is 0.893. The van der Waals surface area contributed by atoms with Crippen molar-refractivity contribution in [3.63, 3.8) is 0 Å². The van der Waals surface area contributed by atoms with E-state index in [1.54, 1.807) is 6.21 Å². The highest BCUT2D eigenvalue weighted by Gasteiger charge is 2.13. The average Bonchev–Trinajstić information content (AvgIpc) is 2.39. The molecule has 1 heterocycles. The van der Waals surface area contributed by atoms with Gasteiger partial charge in [0.15, 0.2) is 6.54 Å². The maximum atomic E-state index is 10.6. The first-order valence-electron chi connectivity index (χ1n) is 4.20. The largest absolute Gasteiger partial charge is 0.615 e. The maximum absolute atomic E-state index is 10.6. The average molecular weight is 169 g/mol. The minimum Gasteiger partial charge on any atom is -0.615 e. The first-order chi connectivity index (χ1) is 5.68. The van der Waals surface area contributed by atoms with Crippen LogP contribution >= 0.6 is 0 Å². The molecule has 0 N–H and O–H groups in total. The van der Waals surface area contributed by atoms with E-state index < -0.39 is 0 Å². The van der Waals surface area contributed by atoms with Crippen molar-refractivity contribution < 1.29 is 9.31 Å². The second-order valence-corrected chi connectivity index (χ2v) is 2.54. The van der Waals surface area contributed by atoms with Crippen molar-refractivity contribution in [3.05, 3.63) is 17.4 Å². The van der Waals surface area contributed by atoms with Crippen LogP contribution in [0.1, 0.15) is 20.8 Å². The van der Waals surface area contributed by atoms with Gasteiger partial charge in [-0.1, -0.05) is 20.4 Å². The normalized spacial score (nSPS) is 14.2. The van der Waals surface area contributed by atoms with Gasteiger partial charge in [-0.25, -0.2) is 0 Å². The van der Waals surface area contributed by atoms with Crippen molar-refractivity contribution in [2.75, 3.05) is 13.1 Å². The summed E-state index contributed by atoms with van der Waals surface area (Å²) in [6.45, 7) is 11.2. The zero-order chi connectivity index (χ0) is 9.56. The Bertz CT molecular complexity index is 217. The third-order valence-corrected chi connectivity index (χ3v) is 1.25. The van der Waals surface area contributed by atoms with Crippen LogP contribution in [0.15, 0.2) is 12.2 Å². The molecule has 1 rings (SSSR count). The molecular weight excluding hydrogens is 152 g/mol. The molecule has 0 bridgehead atoms. The first-order valence-corrected chi connectivity index (χ1v) is 4.20. The Morgan fingerprint density at radius 1 is 1.58 bits per heavy atom. The van der Waals surface area contributed by atoms with Gasteiger partial charge >= 0.3 is 6.34 Å². The molecule has 0 amide bonds. The van der Waals surface area contributed by atoms with Gasteiger partial charge in [-0.15, -0.1) is 4.74 Å². The van der Waals surface area contributed by atoms with Gasteiger partial charge in [0.25, 0.3) is 0 Å². The van der Waals surface area contributed by atoms with Crippen LogP contribution in [0.2, 0.25) is 0 Å². The van der Waals surface area contributed by atoms with Gasteiger partial charge in [-0.3, -0.25) is 0 Å². The molecule has 3 nitrogen and oxygen atoms in total. The fraction of sp³-hybridized carbons (Fsp3) is 0.556. The molecule has 0 unspecified atom stereocenters. The monoisotopic (exact) mass is 169 g/mol. The molecule has 0 atom stereocenters. The van der Waals surface area contributed by atoms with Gasteiger partial charge in [0.2, 0.25) is 12.8 Å². The molecule has 0 saturated carbocycles. The summed E-state index contributed by atoms with van der Waals surface area (Å²) >= 11 is 0.